The molecular weight excluding hydrogens is 222 g/mol. The molecule has 1 N–H and O–H groups in total. The number of piperazine rings is 1. The standard InChI is InChI=1S/C15H31N3/c1-13(2)12-18-9-5-6-14(15(18,3)4)17-10-7-16-8-11-17/h13-14,16H,5-12H2,1-4H3. The Labute approximate surface area is 113 Å². The molecule has 2 aliphatic rings. The van der Waals surface area contributed by atoms with Crippen LogP contribution in [0.3, 0.4) is 0 Å². The van der Waals surface area contributed by atoms with Crippen molar-refractivity contribution in [2.24, 2.45) is 5.92 Å². The lowest BCUT2D eigenvalue weighted by atomic mass is 9.83. The monoisotopic (exact) mass is 253 g/mol. The minimum absolute atomic E-state index is 0.333. The predicted octanol–water partition coefficient (Wildman–Crippen LogP) is 1.79. The van der Waals surface area contributed by atoms with E-state index in [0.717, 1.165) is 25.0 Å². The van der Waals surface area contributed by atoms with Crippen LogP contribution in [0.5, 0.6) is 0 Å². The Morgan fingerprint density at radius 1 is 1.17 bits per heavy atom. The van der Waals surface area contributed by atoms with E-state index in [9.17, 15) is 0 Å². The molecule has 106 valence electrons. The zero-order chi connectivity index (χ0) is 13.2. The summed E-state index contributed by atoms with van der Waals surface area (Å²) in [6.45, 7) is 16.9. The normalized spacial score (nSPS) is 30.8. The lowest BCUT2D eigenvalue weighted by Crippen LogP contribution is -2.64. The molecular formula is C15H31N3. The Hall–Kier alpha value is -0.120. The smallest absolute Gasteiger partial charge is 0.0308 e. The van der Waals surface area contributed by atoms with Gasteiger partial charge in [0.15, 0.2) is 0 Å². The number of hydrogen-bond donors (Lipinski definition) is 1. The fraction of sp³-hybridized carbons (Fsp3) is 1.00. The molecule has 0 aliphatic carbocycles. The van der Waals surface area contributed by atoms with Crippen LogP contribution in [0.15, 0.2) is 0 Å². The first-order chi connectivity index (χ1) is 8.51. The van der Waals surface area contributed by atoms with Crippen molar-refractivity contribution >= 4 is 0 Å². The number of hydrogen-bond acceptors (Lipinski definition) is 3. The average Bonchev–Trinajstić information content (AvgIpc) is 2.32. The first kappa shape index (κ1) is 14.3. The van der Waals surface area contributed by atoms with Gasteiger partial charge < -0.3 is 5.32 Å². The maximum Gasteiger partial charge on any atom is 0.0308 e. The number of rotatable bonds is 3. The zero-order valence-electron chi connectivity index (χ0n) is 12.7. The Kier molecular flexibility index (Phi) is 4.68. The van der Waals surface area contributed by atoms with Crippen LogP contribution >= 0.6 is 0 Å². The molecule has 3 nitrogen and oxygen atoms in total. The predicted molar refractivity (Wildman–Crippen MR) is 78.0 cm³/mol. The quantitative estimate of drug-likeness (QED) is 0.827. The Morgan fingerprint density at radius 2 is 1.83 bits per heavy atom. The van der Waals surface area contributed by atoms with Gasteiger partial charge in [0.05, 0.1) is 0 Å². The van der Waals surface area contributed by atoms with Crippen molar-refractivity contribution in [3.8, 4) is 0 Å². The summed E-state index contributed by atoms with van der Waals surface area (Å²) in [5.74, 6) is 0.769. The summed E-state index contributed by atoms with van der Waals surface area (Å²) >= 11 is 0. The van der Waals surface area contributed by atoms with Gasteiger partial charge in [-0.2, -0.15) is 0 Å². The SMILES string of the molecule is CC(C)CN1CCCC(N2CCNCC2)C1(C)C. The summed E-state index contributed by atoms with van der Waals surface area (Å²) in [7, 11) is 0. The summed E-state index contributed by atoms with van der Waals surface area (Å²) < 4.78 is 0. The lowest BCUT2D eigenvalue weighted by Gasteiger charge is -2.53. The van der Waals surface area contributed by atoms with E-state index in [0.29, 0.717) is 5.54 Å². The van der Waals surface area contributed by atoms with Crippen molar-refractivity contribution in [3.63, 3.8) is 0 Å². The van der Waals surface area contributed by atoms with Gasteiger partial charge in [-0.15, -0.1) is 0 Å². The van der Waals surface area contributed by atoms with Gasteiger partial charge in [-0.1, -0.05) is 13.8 Å². The van der Waals surface area contributed by atoms with Crippen LogP contribution < -0.4 is 5.32 Å². The molecule has 3 heteroatoms. The summed E-state index contributed by atoms with van der Waals surface area (Å²) in [4.78, 5) is 5.46. The summed E-state index contributed by atoms with van der Waals surface area (Å²) in [5.41, 5.74) is 0.333. The van der Waals surface area contributed by atoms with Crippen LogP contribution in [0.2, 0.25) is 0 Å². The summed E-state index contributed by atoms with van der Waals surface area (Å²) in [6.07, 6.45) is 2.74. The van der Waals surface area contributed by atoms with Crippen molar-refractivity contribution in [3.05, 3.63) is 0 Å². The largest absolute Gasteiger partial charge is 0.314 e. The van der Waals surface area contributed by atoms with Gasteiger partial charge in [-0.25, -0.2) is 0 Å². The van der Waals surface area contributed by atoms with Gasteiger partial charge in [0.1, 0.15) is 0 Å². The van der Waals surface area contributed by atoms with E-state index < -0.39 is 0 Å². The van der Waals surface area contributed by atoms with Crippen molar-refractivity contribution in [1.82, 2.24) is 15.1 Å². The van der Waals surface area contributed by atoms with E-state index in [4.69, 9.17) is 0 Å². The van der Waals surface area contributed by atoms with Crippen LogP contribution in [-0.2, 0) is 0 Å². The third-order valence-corrected chi connectivity index (χ3v) is 4.71. The van der Waals surface area contributed by atoms with E-state index in [1.54, 1.807) is 0 Å². The van der Waals surface area contributed by atoms with Gasteiger partial charge in [0, 0.05) is 44.3 Å². The van der Waals surface area contributed by atoms with Crippen LogP contribution in [0.25, 0.3) is 0 Å². The molecule has 2 fully saturated rings. The van der Waals surface area contributed by atoms with Crippen molar-refractivity contribution in [1.29, 1.82) is 0 Å². The topological polar surface area (TPSA) is 18.5 Å². The molecule has 0 aromatic carbocycles. The van der Waals surface area contributed by atoms with E-state index in [-0.39, 0.29) is 0 Å². The van der Waals surface area contributed by atoms with E-state index in [1.165, 1.54) is 39.0 Å². The first-order valence-electron chi connectivity index (χ1n) is 7.71. The third-order valence-electron chi connectivity index (χ3n) is 4.71. The van der Waals surface area contributed by atoms with Gasteiger partial charge in [-0.3, -0.25) is 9.80 Å². The molecule has 0 aromatic heterocycles. The van der Waals surface area contributed by atoms with Crippen LogP contribution in [0.1, 0.15) is 40.5 Å². The van der Waals surface area contributed by atoms with Crippen LogP contribution in [0, 0.1) is 5.92 Å². The van der Waals surface area contributed by atoms with Crippen molar-refractivity contribution in [2.75, 3.05) is 39.3 Å². The summed E-state index contributed by atoms with van der Waals surface area (Å²) in [6, 6.07) is 0.743. The van der Waals surface area contributed by atoms with E-state index >= 15 is 0 Å². The molecule has 0 saturated carbocycles. The minimum Gasteiger partial charge on any atom is -0.314 e. The molecule has 0 spiro atoms. The van der Waals surface area contributed by atoms with Crippen molar-refractivity contribution in [2.45, 2.75) is 52.1 Å². The number of likely N-dealkylation sites (tertiary alicyclic amines) is 1. The summed E-state index contributed by atoms with van der Waals surface area (Å²) in [5, 5.41) is 3.47. The molecule has 0 aromatic rings. The van der Waals surface area contributed by atoms with Gasteiger partial charge in [0.25, 0.3) is 0 Å². The molecule has 0 amide bonds. The highest BCUT2D eigenvalue weighted by molar-refractivity contribution is 4.99. The molecule has 0 bridgehead atoms. The molecule has 2 saturated heterocycles. The third kappa shape index (κ3) is 3.06. The first-order valence-corrected chi connectivity index (χ1v) is 7.71. The average molecular weight is 253 g/mol. The highest BCUT2D eigenvalue weighted by Gasteiger charge is 2.41. The van der Waals surface area contributed by atoms with Crippen molar-refractivity contribution < 1.29 is 0 Å². The molecule has 18 heavy (non-hydrogen) atoms. The highest BCUT2D eigenvalue weighted by atomic mass is 15.3. The second-order valence-corrected chi connectivity index (χ2v) is 6.94. The fourth-order valence-corrected chi connectivity index (χ4v) is 3.72. The second kappa shape index (κ2) is 5.89. The minimum atomic E-state index is 0.333. The molecule has 2 aliphatic heterocycles. The Balaban J connectivity index is 2.04. The van der Waals surface area contributed by atoms with Crippen LogP contribution in [0.4, 0.5) is 0 Å². The van der Waals surface area contributed by atoms with Gasteiger partial charge in [-0.05, 0) is 39.2 Å². The Bertz CT molecular complexity index is 256. The molecule has 1 atom stereocenters. The van der Waals surface area contributed by atoms with E-state index in [1.807, 2.05) is 0 Å². The molecule has 2 rings (SSSR count). The molecule has 0 radical (unpaired) electrons. The second-order valence-electron chi connectivity index (χ2n) is 6.94. The number of piperidine rings is 1. The zero-order valence-corrected chi connectivity index (χ0v) is 12.7. The number of nitrogens with zero attached hydrogens (tertiary/aromatic N) is 2. The van der Waals surface area contributed by atoms with Gasteiger partial charge in [0.2, 0.25) is 0 Å². The lowest BCUT2D eigenvalue weighted by molar-refractivity contribution is -0.0257. The maximum atomic E-state index is 3.47. The molecule has 2 heterocycles. The fourth-order valence-electron chi connectivity index (χ4n) is 3.72. The highest BCUT2D eigenvalue weighted by Crippen LogP contribution is 2.32. The maximum absolute atomic E-state index is 3.47. The van der Waals surface area contributed by atoms with Gasteiger partial charge >= 0.3 is 0 Å². The van der Waals surface area contributed by atoms with Crippen LogP contribution in [-0.4, -0.2) is 60.6 Å². The molecule has 1 unspecified atom stereocenters. The number of nitrogens with one attached hydrogen (secondary N) is 1. The Morgan fingerprint density at radius 3 is 2.44 bits per heavy atom. The van der Waals surface area contributed by atoms with E-state index in [2.05, 4.69) is 42.8 Å².